The van der Waals surface area contributed by atoms with Crippen LogP contribution in [0.5, 0.6) is 5.75 Å². The fraction of sp³-hybridized carbons (Fsp3) is 0.154. The second kappa shape index (κ2) is 12.3. The van der Waals surface area contributed by atoms with Gasteiger partial charge in [0.1, 0.15) is 5.75 Å². The summed E-state index contributed by atoms with van der Waals surface area (Å²) >= 11 is 6.07. The Morgan fingerprint density at radius 3 is 2.49 bits per heavy atom. The molecule has 3 aromatic rings. The largest absolute Gasteiger partial charge is 0.484 e. The first-order valence-electron chi connectivity index (χ1n) is 10.8. The minimum absolute atomic E-state index is 0.204. The van der Waals surface area contributed by atoms with Gasteiger partial charge in [0.05, 0.1) is 6.21 Å². The minimum atomic E-state index is -0.881. The van der Waals surface area contributed by atoms with E-state index in [1.165, 1.54) is 6.21 Å². The number of carbonyl (C=O) groups is 3. The number of aryl methyl sites for hydroxylation is 2. The van der Waals surface area contributed by atoms with Gasteiger partial charge in [-0.15, -0.1) is 0 Å². The van der Waals surface area contributed by atoms with Crippen LogP contribution in [-0.2, 0) is 20.9 Å². The molecule has 9 heteroatoms. The predicted molar refractivity (Wildman–Crippen MR) is 136 cm³/mol. The van der Waals surface area contributed by atoms with Crippen LogP contribution in [0.4, 0.5) is 5.69 Å². The van der Waals surface area contributed by atoms with Gasteiger partial charge in [-0.1, -0.05) is 59.6 Å². The molecule has 0 heterocycles. The number of hydrazone groups is 1. The van der Waals surface area contributed by atoms with Crippen molar-refractivity contribution in [3.63, 3.8) is 0 Å². The summed E-state index contributed by atoms with van der Waals surface area (Å²) in [6.45, 7) is 3.88. The average molecular weight is 493 g/mol. The molecule has 3 aromatic carbocycles. The van der Waals surface area contributed by atoms with Crippen LogP contribution in [0.3, 0.4) is 0 Å². The number of hydrogen-bond donors (Lipinski definition) is 3. The van der Waals surface area contributed by atoms with E-state index in [0.29, 0.717) is 22.0 Å². The summed E-state index contributed by atoms with van der Waals surface area (Å²) in [5.41, 5.74) is 6.27. The first-order valence-corrected chi connectivity index (χ1v) is 11.1. The smallest absolute Gasteiger partial charge is 0.329 e. The number of halogens is 1. The van der Waals surface area contributed by atoms with Crippen LogP contribution in [0, 0.1) is 13.8 Å². The molecule has 0 aliphatic rings. The molecule has 0 unspecified atom stereocenters. The van der Waals surface area contributed by atoms with Crippen LogP contribution in [0.25, 0.3) is 0 Å². The fourth-order valence-electron chi connectivity index (χ4n) is 2.89. The van der Waals surface area contributed by atoms with E-state index in [4.69, 9.17) is 16.3 Å². The molecule has 35 heavy (non-hydrogen) atoms. The number of ether oxygens (including phenoxy) is 1. The van der Waals surface area contributed by atoms with Crippen molar-refractivity contribution in [3.05, 3.63) is 94.0 Å². The molecule has 0 fully saturated rings. The van der Waals surface area contributed by atoms with Gasteiger partial charge in [-0.3, -0.25) is 14.4 Å². The maximum absolute atomic E-state index is 12.1. The third kappa shape index (κ3) is 8.28. The van der Waals surface area contributed by atoms with Crippen LogP contribution in [0.2, 0.25) is 5.02 Å². The van der Waals surface area contributed by atoms with E-state index in [1.807, 2.05) is 44.2 Å². The molecule has 0 aliphatic heterocycles. The van der Waals surface area contributed by atoms with Crippen LogP contribution in [-0.4, -0.2) is 30.5 Å². The third-order valence-electron chi connectivity index (χ3n) is 4.84. The first kappa shape index (κ1) is 25.5. The topological polar surface area (TPSA) is 109 Å². The SMILES string of the molecule is Cc1ccc(CNC(=O)C(=O)N/N=C\c2cccc(OCC(=O)Nc3ccc(C)c(Cl)c3)c2)cc1. The van der Waals surface area contributed by atoms with Crippen molar-refractivity contribution in [2.45, 2.75) is 20.4 Å². The second-order valence-corrected chi connectivity index (χ2v) is 8.15. The van der Waals surface area contributed by atoms with Crippen molar-refractivity contribution in [2.75, 3.05) is 11.9 Å². The Labute approximate surface area is 208 Å². The van der Waals surface area contributed by atoms with E-state index in [1.54, 1.807) is 36.4 Å². The molecular weight excluding hydrogens is 468 g/mol. The number of hydrogen-bond acceptors (Lipinski definition) is 5. The van der Waals surface area contributed by atoms with Crippen molar-refractivity contribution < 1.29 is 19.1 Å². The molecule has 8 nitrogen and oxygen atoms in total. The molecule has 0 saturated carbocycles. The molecule has 0 bridgehead atoms. The molecule has 180 valence electrons. The van der Waals surface area contributed by atoms with Crippen LogP contribution in [0.1, 0.15) is 22.3 Å². The summed E-state index contributed by atoms with van der Waals surface area (Å²) in [6, 6.07) is 19.6. The zero-order valence-corrected chi connectivity index (χ0v) is 20.1. The quantitative estimate of drug-likeness (QED) is 0.253. The van der Waals surface area contributed by atoms with Gasteiger partial charge in [-0.25, -0.2) is 5.43 Å². The second-order valence-electron chi connectivity index (χ2n) is 7.74. The average Bonchev–Trinajstić information content (AvgIpc) is 2.84. The third-order valence-corrected chi connectivity index (χ3v) is 5.25. The van der Waals surface area contributed by atoms with E-state index < -0.39 is 11.8 Å². The van der Waals surface area contributed by atoms with E-state index in [0.717, 1.165) is 16.7 Å². The normalized spacial score (nSPS) is 10.6. The fourth-order valence-corrected chi connectivity index (χ4v) is 3.07. The van der Waals surface area contributed by atoms with Gasteiger partial charge in [0, 0.05) is 17.3 Å². The highest BCUT2D eigenvalue weighted by atomic mass is 35.5. The maximum atomic E-state index is 12.1. The Morgan fingerprint density at radius 2 is 1.74 bits per heavy atom. The standard InChI is InChI=1S/C26H25ClN4O4/c1-17-6-9-19(10-7-17)14-28-25(33)26(34)31-29-15-20-4-3-5-22(12-20)35-16-24(32)30-21-11-8-18(2)23(27)13-21/h3-13,15H,14,16H2,1-2H3,(H,28,33)(H,30,32)(H,31,34)/b29-15-. The summed E-state index contributed by atoms with van der Waals surface area (Å²) in [5, 5.41) is 9.62. The number of amides is 3. The molecule has 3 rings (SSSR count). The minimum Gasteiger partial charge on any atom is -0.484 e. The summed E-state index contributed by atoms with van der Waals surface area (Å²) in [7, 11) is 0. The zero-order valence-electron chi connectivity index (χ0n) is 19.3. The molecule has 3 amide bonds. The van der Waals surface area contributed by atoms with E-state index in [2.05, 4.69) is 21.2 Å². The Hall–Kier alpha value is -4.17. The number of benzene rings is 3. The molecule has 0 saturated heterocycles. The Kier molecular flexibility index (Phi) is 8.97. The molecule has 3 N–H and O–H groups in total. The van der Waals surface area contributed by atoms with Crippen molar-refractivity contribution in [1.82, 2.24) is 10.7 Å². The van der Waals surface area contributed by atoms with E-state index in [-0.39, 0.29) is 19.1 Å². The van der Waals surface area contributed by atoms with Crippen LogP contribution < -0.4 is 20.8 Å². The van der Waals surface area contributed by atoms with Gasteiger partial charge in [-0.05, 0) is 54.8 Å². The number of nitrogens with zero attached hydrogens (tertiary/aromatic N) is 1. The lowest BCUT2D eigenvalue weighted by molar-refractivity contribution is -0.139. The summed E-state index contributed by atoms with van der Waals surface area (Å²) in [4.78, 5) is 36.0. The predicted octanol–water partition coefficient (Wildman–Crippen LogP) is 3.74. The highest BCUT2D eigenvalue weighted by molar-refractivity contribution is 6.35. The Balaban J connectivity index is 1.44. The molecule has 0 aliphatic carbocycles. The number of nitrogens with one attached hydrogen (secondary N) is 3. The monoisotopic (exact) mass is 492 g/mol. The van der Waals surface area contributed by atoms with Crippen molar-refractivity contribution in [1.29, 1.82) is 0 Å². The highest BCUT2D eigenvalue weighted by Crippen LogP contribution is 2.20. The van der Waals surface area contributed by atoms with Gasteiger partial charge >= 0.3 is 11.8 Å². The molecule has 0 atom stereocenters. The molecule has 0 spiro atoms. The van der Waals surface area contributed by atoms with Crippen molar-refractivity contribution in [2.24, 2.45) is 5.10 Å². The van der Waals surface area contributed by atoms with Gasteiger partial charge in [-0.2, -0.15) is 5.10 Å². The lowest BCUT2D eigenvalue weighted by Crippen LogP contribution is -2.37. The van der Waals surface area contributed by atoms with Gasteiger partial charge in [0.15, 0.2) is 6.61 Å². The maximum Gasteiger partial charge on any atom is 0.329 e. The van der Waals surface area contributed by atoms with Crippen molar-refractivity contribution in [3.8, 4) is 5.75 Å². The Morgan fingerprint density at radius 1 is 0.971 bits per heavy atom. The first-order chi connectivity index (χ1) is 16.8. The lowest BCUT2D eigenvalue weighted by atomic mass is 10.1. The van der Waals surface area contributed by atoms with Crippen LogP contribution in [0.15, 0.2) is 71.8 Å². The van der Waals surface area contributed by atoms with Crippen LogP contribution >= 0.6 is 11.6 Å². The number of carbonyl (C=O) groups excluding carboxylic acids is 3. The van der Waals surface area contributed by atoms with E-state index in [9.17, 15) is 14.4 Å². The summed E-state index contributed by atoms with van der Waals surface area (Å²) in [5.74, 6) is -1.57. The van der Waals surface area contributed by atoms with Gasteiger partial charge in [0.2, 0.25) is 0 Å². The van der Waals surface area contributed by atoms with Gasteiger partial charge < -0.3 is 15.4 Å². The zero-order chi connectivity index (χ0) is 25.2. The van der Waals surface area contributed by atoms with Gasteiger partial charge in [0.25, 0.3) is 5.91 Å². The Bertz CT molecular complexity index is 1240. The molecule has 0 aromatic heterocycles. The number of anilines is 1. The molecular formula is C26H25ClN4O4. The number of rotatable bonds is 8. The van der Waals surface area contributed by atoms with E-state index >= 15 is 0 Å². The summed E-state index contributed by atoms with van der Waals surface area (Å²) in [6.07, 6.45) is 1.37. The molecule has 0 radical (unpaired) electrons. The lowest BCUT2D eigenvalue weighted by Gasteiger charge is -2.09. The van der Waals surface area contributed by atoms with Crippen molar-refractivity contribution >= 4 is 41.2 Å². The summed E-state index contributed by atoms with van der Waals surface area (Å²) < 4.78 is 5.52. The highest BCUT2D eigenvalue weighted by Gasteiger charge is 2.12.